The van der Waals surface area contributed by atoms with Crippen LogP contribution in [0.1, 0.15) is 6.92 Å². The number of quaternary nitrogens is 1. The van der Waals surface area contributed by atoms with Gasteiger partial charge in [0.15, 0.2) is 6.04 Å². The average Bonchev–Trinajstić information content (AvgIpc) is 1.83. The highest BCUT2D eigenvalue weighted by molar-refractivity contribution is 5.73. The molecule has 0 bridgehead atoms. The van der Waals surface area contributed by atoms with E-state index in [9.17, 15) is 4.79 Å². The van der Waals surface area contributed by atoms with Gasteiger partial charge in [-0.1, -0.05) is 0 Å². The summed E-state index contributed by atoms with van der Waals surface area (Å²) >= 11 is 0. The minimum atomic E-state index is -0.160. The zero-order valence-electron chi connectivity index (χ0n) is 7.34. The normalized spacial score (nSPS) is 14.5. The predicted molar refractivity (Wildman–Crippen MR) is 39.5 cm³/mol. The standard InChI is InChI=1S/C7H16NO2/c1-6(7(9)10-5)8(2,3)4/h6H,1-5H3/q+1/t6-/m1/s1. The van der Waals surface area contributed by atoms with E-state index >= 15 is 0 Å². The van der Waals surface area contributed by atoms with E-state index in [2.05, 4.69) is 4.74 Å². The maximum absolute atomic E-state index is 10.9. The summed E-state index contributed by atoms with van der Waals surface area (Å²) < 4.78 is 5.19. The smallest absolute Gasteiger partial charge is 0.364 e. The quantitative estimate of drug-likeness (QED) is 0.412. The third kappa shape index (κ3) is 2.35. The first kappa shape index (κ1) is 9.43. The second kappa shape index (κ2) is 3.01. The number of ether oxygens (including phenoxy) is 1. The van der Waals surface area contributed by atoms with Crippen molar-refractivity contribution in [3.05, 3.63) is 0 Å². The van der Waals surface area contributed by atoms with Crippen LogP contribution in [0.25, 0.3) is 0 Å². The SMILES string of the molecule is COC(=O)[C@@H](C)[N+](C)(C)C. The van der Waals surface area contributed by atoms with Gasteiger partial charge >= 0.3 is 5.97 Å². The third-order valence-corrected chi connectivity index (χ3v) is 1.70. The molecule has 0 aromatic heterocycles. The van der Waals surface area contributed by atoms with Crippen molar-refractivity contribution in [1.82, 2.24) is 0 Å². The topological polar surface area (TPSA) is 26.3 Å². The molecule has 1 atom stereocenters. The molecule has 0 amide bonds. The molecule has 0 aliphatic heterocycles. The van der Waals surface area contributed by atoms with Gasteiger partial charge in [0.1, 0.15) is 0 Å². The number of carbonyl (C=O) groups excluding carboxylic acids is 1. The zero-order chi connectivity index (χ0) is 8.36. The van der Waals surface area contributed by atoms with Crippen LogP contribution in [0.3, 0.4) is 0 Å². The van der Waals surface area contributed by atoms with Gasteiger partial charge in [0.2, 0.25) is 0 Å². The van der Waals surface area contributed by atoms with Crippen LogP contribution in [-0.4, -0.2) is 44.7 Å². The lowest BCUT2D eigenvalue weighted by Gasteiger charge is -2.29. The summed E-state index contributed by atoms with van der Waals surface area (Å²) in [5.74, 6) is -0.160. The number of likely N-dealkylation sites (N-methyl/N-ethyl adjacent to an activating group) is 1. The van der Waals surface area contributed by atoms with Gasteiger partial charge in [0.25, 0.3) is 0 Å². The minimum absolute atomic E-state index is 0.0926. The first-order valence-electron chi connectivity index (χ1n) is 3.28. The van der Waals surface area contributed by atoms with E-state index in [1.807, 2.05) is 28.1 Å². The monoisotopic (exact) mass is 146 g/mol. The van der Waals surface area contributed by atoms with Crippen LogP contribution in [0.2, 0.25) is 0 Å². The molecule has 0 saturated carbocycles. The highest BCUT2D eigenvalue weighted by atomic mass is 16.5. The maximum Gasteiger partial charge on any atom is 0.364 e. The minimum Gasteiger partial charge on any atom is -0.465 e. The first-order valence-corrected chi connectivity index (χ1v) is 3.28. The molecule has 0 fully saturated rings. The number of rotatable bonds is 2. The van der Waals surface area contributed by atoms with Gasteiger partial charge in [0.05, 0.1) is 28.3 Å². The second-order valence-corrected chi connectivity index (χ2v) is 3.32. The van der Waals surface area contributed by atoms with E-state index in [1.54, 1.807) is 0 Å². The number of nitrogens with zero attached hydrogens (tertiary/aromatic N) is 1. The van der Waals surface area contributed by atoms with Crippen molar-refractivity contribution in [2.45, 2.75) is 13.0 Å². The molecular formula is C7H16NO2+. The molecular weight excluding hydrogens is 130 g/mol. The van der Waals surface area contributed by atoms with E-state index in [1.165, 1.54) is 7.11 Å². The molecule has 0 aromatic rings. The lowest BCUT2D eigenvalue weighted by Crippen LogP contribution is -2.48. The molecule has 0 radical (unpaired) electrons. The first-order chi connectivity index (χ1) is 4.39. The Bertz CT molecular complexity index is 126. The largest absolute Gasteiger partial charge is 0.465 e. The molecule has 0 aliphatic rings. The molecule has 0 heterocycles. The van der Waals surface area contributed by atoms with Crippen molar-refractivity contribution < 1.29 is 14.0 Å². The van der Waals surface area contributed by atoms with Gasteiger partial charge in [-0.05, 0) is 6.92 Å². The summed E-state index contributed by atoms with van der Waals surface area (Å²) in [6.07, 6.45) is 0. The molecule has 0 unspecified atom stereocenters. The molecule has 0 N–H and O–H groups in total. The van der Waals surface area contributed by atoms with Crippen LogP contribution < -0.4 is 0 Å². The molecule has 0 aliphatic carbocycles. The van der Waals surface area contributed by atoms with E-state index in [0.29, 0.717) is 4.48 Å². The zero-order valence-corrected chi connectivity index (χ0v) is 7.34. The van der Waals surface area contributed by atoms with Crippen LogP contribution in [0.5, 0.6) is 0 Å². The Morgan fingerprint density at radius 1 is 1.40 bits per heavy atom. The summed E-state index contributed by atoms with van der Waals surface area (Å²) in [6, 6.07) is -0.0926. The number of carbonyl (C=O) groups is 1. The van der Waals surface area contributed by atoms with E-state index in [4.69, 9.17) is 0 Å². The number of methoxy groups -OCH3 is 1. The number of hydrogen-bond donors (Lipinski definition) is 0. The van der Waals surface area contributed by atoms with Gasteiger partial charge in [-0.15, -0.1) is 0 Å². The Morgan fingerprint density at radius 3 is 1.90 bits per heavy atom. The van der Waals surface area contributed by atoms with Crippen LogP contribution in [-0.2, 0) is 9.53 Å². The summed E-state index contributed by atoms with van der Waals surface area (Å²) in [7, 11) is 7.29. The second-order valence-electron chi connectivity index (χ2n) is 3.32. The number of esters is 1. The average molecular weight is 146 g/mol. The van der Waals surface area contributed by atoms with Crippen LogP contribution in [0, 0.1) is 0 Å². The fraction of sp³-hybridized carbons (Fsp3) is 0.857. The molecule has 0 saturated heterocycles. The molecule has 60 valence electrons. The fourth-order valence-corrected chi connectivity index (χ4v) is 0.487. The van der Waals surface area contributed by atoms with Crippen LogP contribution in [0.15, 0.2) is 0 Å². The highest BCUT2D eigenvalue weighted by Gasteiger charge is 2.26. The Balaban J connectivity index is 4.08. The molecule has 0 aromatic carbocycles. The van der Waals surface area contributed by atoms with E-state index in [0.717, 1.165) is 0 Å². The molecule has 0 rings (SSSR count). The highest BCUT2D eigenvalue weighted by Crippen LogP contribution is 2.02. The molecule has 10 heavy (non-hydrogen) atoms. The van der Waals surface area contributed by atoms with Crippen molar-refractivity contribution in [3.8, 4) is 0 Å². The van der Waals surface area contributed by atoms with Crippen molar-refractivity contribution in [1.29, 1.82) is 0 Å². The lowest BCUT2D eigenvalue weighted by atomic mass is 10.3. The van der Waals surface area contributed by atoms with Gasteiger partial charge in [0, 0.05) is 0 Å². The molecule has 0 spiro atoms. The third-order valence-electron chi connectivity index (χ3n) is 1.70. The molecule has 3 heteroatoms. The van der Waals surface area contributed by atoms with E-state index < -0.39 is 0 Å². The Labute approximate surface area is 62.2 Å². The van der Waals surface area contributed by atoms with Crippen LogP contribution in [0.4, 0.5) is 0 Å². The van der Waals surface area contributed by atoms with Gasteiger partial charge in [-0.2, -0.15) is 0 Å². The van der Waals surface area contributed by atoms with Gasteiger partial charge in [-0.3, -0.25) is 0 Å². The lowest BCUT2D eigenvalue weighted by molar-refractivity contribution is -0.885. The fourth-order valence-electron chi connectivity index (χ4n) is 0.487. The Kier molecular flexibility index (Phi) is 2.84. The summed E-state index contributed by atoms with van der Waals surface area (Å²) in [4.78, 5) is 10.9. The van der Waals surface area contributed by atoms with Gasteiger partial charge < -0.3 is 9.22 Å². The van der Waals surface area contributed by atoms with Crippen LogP contribution >= 0.6 is 0 Å². The predicted octanol–water partition coefficient (Wildman–Crippen LogP) is 0.254. The van der Waals surface area contributed by atoms with Crippen molar-refractivity contribution in [3.63, 3.8) is 0 Å². The van der Waals surface area contributed by atoms with Gasteiger partial charge in [-0.25, -0.2) is 4.79 Å². The van der Waals surface area contributed by atoms with E-state index in [-0.39, 0.29) is 12.0 Å². The Hall–Kier alpha value is -0.570. The maximum atomic E-state index is 10.9. The van der Waals surface area contributed by atoms with Crippen molar-refractivity contribution >= 4 is 5.97 Å². The molecule has 3 nitrogen and oxygen atoms in total. The summed E-state index contributed by atoms with van der Waals surface area (Å²) in [5, 5.41) is 0. The summed E-state index contributed by atoms with van der Waals surface area (Å²) in [6.45, 7) is 1.85. The van der Waals surface area contributed by atoms with Crippen molar-refractivity contribution in [2.75, 3.05) is 28.3 Å². The Morgan fingerprint density at radius 2 is 1.80 bits per heavy atom. The summed E-state index contributed by atoms with van der Waals surface area (Å²) in [5.41, 5.74) is 0. The van der Waals surface area contributed by atoms with Crippen molar-refractivity contribution in [2.24, 2.45) is 0 Å². The number of hydrogen-bond acceptors (Lipinski definition) is 2.